The predicted octanol–water partition coefficient (Wildman–Crippen LogP) is 1.67. The Labute approximate surface area is 116 Å². The van der Waals surface area contributed by atoms with E-state index in [2.05, 4.69) is 46.1 Å². The van der Waals surface area contributed by atoms with Crippen LogP contribution in [0.5, 0.6) is 0 Å². The molecular formula is C14H25N5. The molecule has 1 saturated heterocycles. The highest BCUT2D eigenvalue weighted by Crippen LogP contribution is 2.24. The maximum atomic E-state index is 4.60. The van der Waals surface area contributed by atoms with Crippen molar-refractivity contribution in [2.75, 3.05) is 44.4 Å². The van der Waals surface area contributed by atoms with E-state index < -0.39 is 0 Å². The van der Waals surface area contributed by atoms with Gasteiger partial charge in [-0.15, -0.1) is 0 Å². The summed E-state index contributed by atoms with van der Waals surface area (Å²) < 4.78 is 0. The van der Waals surface area contributed by atoms with Crippen molar-refractivity contribution in [2.45, 2.75) is 32.7 Å². The van der Waals surface area contributed by atoms with E-state index in [9.17, 15) is 0 Å². The van der Waals surface area contributed by atoms with Crippen molar-refractivity contribution in [3.63, 3.8) is 0 Å². The Morgan fingerprint density at radius 3 is 2.68 bits per heavy atom. The van der Waals surface area contributed by atoms with Crippen LogP contribution < -0.4 is 10.2 Å². The van der Waals surface area contributed by atoms with Crippen LogP contribution >= 0.6 is 0 Å². The molecule has 1 aliphatic rings. The minimum atomic E-state index is 0.637. The van der Waals surface area contributed by atoms with E-state index in [0.29, 0.717) is 6.04 Å². The van der Waals surface area contributed by atoms with Gasteiger partial charge in [-0.3, -0.25) is 0 Å². The first kappa shape index (κ1) is 14.1. The van der Waals surface area contributed by atoms with Crippen LogP contribution in [0, 0.1) is 13.8 Å². The summed E-state index contributed by atoms with van der Waals surface area (Å²) in [5.41, 5.74) is 1.12. The molecule has 0 aromatic carbocycles. The summed E-state index contributed by atoms with van der Waals surface area (Å²) in [6.45, 7) is 6.26. The van der Waals surface area contributed by atoms with Crippen molar-refractivity contribution in [3.05, 3.63) is 11.4 Å². The maximum absolute atomic E-state index is 4.60. The average Bonchev–Trinajstić information content (AvgIpc) is 2.77. The lowest BCUT2D eigenvalue weighted by Gasteiger charge is -2.28. The molecule has 1 aromatic heterocycles. The zero-order valence-electron chi connectivity index (χ0n) is 12.7. The van der Waals surface area contributed by atoms with Crippen LogP contribution in [0.1, 0.15) is 24.2 Å². The molecule has 1 N–H and O–H groups in total. The minimum absolute atomic E-state index is 0.637. The maximum Gasteiger partial charge on any atom is 0.137 e. The van der Waals surface area contributed by atoms with E-state index >= 15 is 0 Å². The molecule has 5 heteroatoms. The third-order valence-corrected chi connectivity index (χ3v) is 3.99. The number of likely N-dealkylation sites (tertiary alicyclic amines) is 1. The molecule has 0 spiro atoms. The Bertz CT molecular complexity index is 446. The largest absolute Gasteiger partial charge is 0.373 e. The van der Waals surface area contributed by atoms with Crippen LogP contribution in [0.3, 0.4) is 0 Å². The van der Waals surface area contributed by atoms with Gasteiger partial charge >= 0.3 is 0 Å². The normalized spacial score (nSPS) is 19.7. The van der Waals surface area contributed by atoms with Gasteiger partial charge in [0.1, 0.15) is 17.5 Å². The van der Waals surface area contributed by atoms with Gasteiger partial charge in [0.05, 0.1) is 0 Å². The molecule has 1 unspecified atom stereocenters. The van der Waals surface area contributed by atoms with Crippen LogP contribution in [0.15, 0.2) is 0 Å². The topological polar surface area (TPSA) is 44.3 Å². The molecule has 0 bridgehead atoms. The monoisotopic (exact) mass is 263 g/mol. The van der Waals surface area contributed by atoms with Gasteiger partial charge in [0.2, 0.25) is 0 Å². The zero-order chi connectivity index (χ0) is 14.0. The Kier molecular flexibility index (Phi) is 4.24. The summed E-state index contributed by atoms with van der Waals surface area (Å²) in [5, 5.41) is 3.15. The lowest BCUT2D eigenvalue weighted by atomic mass is 10.2. The summed E-state index contributed by atoms with van der Waals surface area (Å²) >= 11 is 0. The van der Waals surface area contributed by atoms with Crippen molar-refractivity contribution in [3.8, 4) is 0 Å². The summed E-state index contributed by atoms with van der Waals surface area (Å²) in [6.07, 6.45) is 2.58. The van der Waals surface area contributed by atoms with Crippen LogP contribution in [0.25, 0.3) is 0 Å². The summed E-state index contributed by atoms with van der Waals surface area (Å²) in [7, 11) is 6.24. The van der Waals surface area contributed by atoms with E-state index in [1.165, 1.54) is 19.4 Å². The van der Waals surface area contributed by atoms with Crippen molar-refractivity contribution in [1.29, 1.82) is 0 Å². The first-order valence-corrected chi connectivity index (χ1v) is 6.97. The first-order valence-electron chi connectivity index (χ1n) is 6.97. The highest BCUT2D eigenvalue weighted by atomic mass is 15.2. The van der Waals surface area contributed by atoms with Crippen molar-refractivity contribution in [2.24, 2.45) is 0 Å². The number of rotatable bonds is 4. The summed E-state index contributed by atoms with van der Waals surface area (Å²) in [4.78, 5) is 13.7. The van der Waals surface area contributed by atoms with Gasteiger partial charge in [-0.1, -0.05) is 0 Å². The second-order valence-corrected chi connectivity index (χ2v) is 5.48. The highest BCUT2D eigenvalue weighted by molar-refractivity contribution is 5.58. The van der Waals surface area contributed by atoms with Gasteiger partial charge in [-0.2, -0.15) is 0 Å². The second kappa shape index (κ2) is 5.74. The molecule has 0 aliphatic carbocycles. The summed E-state index contributed by atoms with van der Waals surface area (Å²) in [6, 6.07) is 0.637. The number of nitrogens with one attached hydrogen (secondary N) is 1. The van der Waals surface area contributed by atoms with E-state index in [1.54, 1.807) is 0 Å². The number of likely N-dealkylation sites (N-methyl/N-ethyl adjacent to an activating group) is 2. The molecule has 1 fully saturated rings. The molecule has 2 rings (SSSR count). The SMILES string of the molecule is CNc1nc(C)nc(N(C)CC2CCCN2C)c1C. The van der Waals surface area contributed by atoms with Crippen LogP contribution in [0.2, 0.25) is 0 Å². The second-order valence-electron chi connectivity index (χ2n) is 5.48. The predicted molar refractivity (Wildman–Crippen MR) is 80.0 cm³/mol. The Hall–Kier alpha value is -1.36. The number of anilines is 2. The summed E-state index contributed by atoms with van der Waals surface area (Å²) in [5.74, 6) is 2.78. The molecule has 106 valence electrons. The third-order valence-electron chi connectivity index (χ3n) is 3.99. The number of hydrogen-bond donors (Lipinski definition) is 1. The Morgan fingerprint density at radius 2 is 2.11 bits per heavy atom. The number of aryl methyl sites for hydroxylation is 1. The number of hydrogen-bond acceptors (Lipinski definition) is 5. The standard InChI is InChI=1S/C14H25N5/c1-10-13(15-3)16-11(2)17-14(10)19(5)9-12-7-6-8-18(12)4/h12H,6-9H2,1-5H3,(H,15,16,17). The van der Waals surface area contributed by atoms with Gasteiger partial charge < -0.3 is 15.1 Å². The minimum Gasteiger partial charge on any atom is -0.373 e. The van der Waals surface area contributed by atoms with Crippen molar-refractivity contribution in [1.82, 2.24) is 14.9 Å². The van der Waals surface area contributed by atoms with Crippen LogP contribution in [-0.2, 0) is 0 Å². The van der Waals surface area contributed by atoms with E-state index in [0.717, 1.165) is 29.6 Å². The number of nitrogens with zero attached hydrogens (tertiary/aromatic N) is 4. The molecule has 1 aliphatic heterocycles. The van der Waals surface area contributed by atoms with Gasteiger partial charge in [-0.05, 0) is 40.3 Å². The van der Waals surface area contributed by atoms with Crippen LogP contribution in [-0.4, -0.2) is 55.1 Å². The lowest BCUT2D eigenvalue weighted by Crippen LogP contribution is -2.37. The smallest absolute Gasteiger partial charge is 0.137 e. The zero-order valence-corrected chi connectivity index (χ0v) is 12.7. The van der Waals surface area contributed by atoms with E-state index in [-0.39, 0.29) is 0 Å². The molecule has 0 saturated carbocycles. The first-order chi connectivity index (χ1) is 9.02. The van der Waals surface area contributed by atoms with Crippen molar-refractivity contribution >= 4 is 11.6 Å². The van der Waals surface area contributed by atoms with Gasteiger partial charge in [0.25, 0.3) is 0 Å². The molecule has 0 radical (unpaired) electrons. The van der Waals surface area contributed by atoms with Crippen LogP contribution in [0.4, 0.5) is 11.6 Å². The van der Waals surface area contributed by atoms with E-state index in [1.807, 2.05) is 14.0 Å². The molecule has 19 heavy (non-hydrogen) atoms. The quantitative estimate of drug-likeness (QED) is 0.895. The molecule has 0 amide bonds. The Balaban J connectivity index is 2.18. The van der Waals surface area contributed by atoms with Gasteiger partial charge in [-0.25, -0.2) is 9.97 Å². The molecular weight excluding hydrogens is 238 g/mol. The molecule has 2 heterocycles. The third kappa shape index (κ3) is 2.97. The lowest BCUT2D eigenvalue weighted by molar-refractivity contribution is 0.314. The fraction of sp³-hybridized carbons (Fsp3) is 0.714. The molecule has 1 aromatic rings. The van der Waals surface area contributed by atoms with Crippen molar-refractivity contribution < 1.29 is 0 Å². The fourth-order valence-corrected chi connectivity index (χ4v) is 2.84. The Morgan fingerprint density at radius 1 is 1.37 bits per heavy atom. The van der Waals surface area contributed by atoms with E-state index in [4.69, 9.17) is 0 Å². The van der Waals surface area contributed by atoms with Gasteiger partial charge in [0, 0.05) is 32.2 Å². The highest BCUT2D eigenvalue weighted by Gasteiger charge is 2.23. The molecule has 1 atom stereocenters. The fourth-order valence-electron chi connectivity index (χ4n) is 2.84. The number of aromatic nitrogens is 2. The molecule has 5 nitrogen and oxygen atoms in total. The average molecular weight is 263 g/mol. The van der Waals surface area contributed by atoms with Gasteiger partial charge in [0.15, 0.2) is 0 Å².